The maximum atomic E-state index is 14.5. The lowest BCUT2D eigenvalue weighted by atomic mass is 9.83. The molecule has 3 heterocycles. The number of piperazine rings is 1. The minimum absolute atomic E-state index is 0.0165. The van der Waals surface area contributed by atoms with Gasteiger partial charge in [0.2, 0.25) is 5.91 Å². The monoisotopic (exact) mass is 416 g/mol. The van der Waals surface area contributed by atoms with Gasteiger partial charge in [0, 0.05) is 44.3 Å². The van der Waals surface area contributed by atoms with Crippen LogP contribution in [0.25, 0.3) is 0 Å². The molecule has 6 heteroatoms. The van der Waals surface area contributed by atoms with E-state index in [0.717, 1.165) is 18.7 Å². The molecule has 2 aliphatic rings. The van der Waals surface area contributed by atoms with Crippen molar-refractivity contribution in [2.75, 3.05) is 29.4 Å². The van der Waals surface area contributed by atoms with Gasteiger partial charge in [0.25, 0.3) is 0 Å². The van der Waals surface area contributed by atoms with E-state index in [0.29, 0.717) is 25.2 Å². The molecular formula is C25H25FN4O. The fourth-order valence-electron chi connectivity index (χ4n) is 4.81. The molecule has 1 amide bonds. The average Bonchev–Trinajstić information content (AvgIpc) is 2.82. The Morgan fingerprint density at radius 3 is 2.65 bits per heavy atom. The molecular weight excluding hydrogens is 391 g/mol. The number of para-hydroxylation sites is 2. The van der Waals surface area contributed by atoms with Crippen molar-refractivity contribution in [2.24, 2.45) is 5.92 Å². The molecule has 2 atom stereocenters. The molecule has 5 rings (SSSR count). The minimum Gasteiger partial charge on any atom is -0.365 e. The fraction of sp³-hybridized carbons (Fsp3) is 0.280. The van der Waals surface area contributed by atoms with Gasteiger partial charge in [-0.3, -0.25) is 9.78 Å². The summed E-state index contributed by atoms with van der Waals surface area (Å²) < 4.78 is 14.5. The van der Waals surface area contributed by atoms with Gasteiger partial charge in [-0.25, -0.2) is 4.39 Å². The van der Waals surface area contributed by atoms with Crippen molar-refractivity contribution >= 4 is 17.3 Å². The Kier molecular flexibility index (Phi) is 5.28. The lowest BCUT2D eigenvalue weighted by molar-refractivity contribution is -0.126. The molecule has 5 nitrogen and oxygen atoms in total. The lowest BCUT2D eigenvalue weighted by Gasteiger charge is -2.49. The normalized spacial score (nSPS) is 20.0. The maximum Gasteiger partial charge on any atom is 0.225 e. The van der Waals surface area contributed by atoms with E-state index in [9.17, 15) is 9.18 Å². The summed E-state index contributed by atoms with van der Waals surface area (Å²) in [7, 11) is 0. The van der Waals surface area contributed by atoms with Gasteiger partial charge in [-0.05, 0) is 41.8 Å². The van der Waals surface area contributed by atoms with Crippen molar-refractivity contribution in [3.8, 4) is 0 Å². The van der Waals surface area contributed by atoms with Crippen molar-refractivity contribution in [2.45, 2.75) is 19.0 Å². The number of anilines is 2. The molecule has 3 aromatic rings. The summed E-state index contributed by atoms with van der Waals surface area (Å²) in [5.41, 5.74) is 3.97. The van der Waals surface area contributed by atoms with E-state index in [-0.39, 0.29) is 23.7 Å². The number of halogens is 1. The van der Waals surface area contributed by atoms with Crippen molar-refractivity contribution in [1.82, 2.24) is 10.3 Å². The third-order valence-electron chi connectivity index (χ3n) is 6.34. The SMILES string of the molecule is O=C(NCc1cccnc1)[C@H]1Cc2ccccc2N2CCN(c3ccccc3F)C[C@H]12. The van der Waals surface area contributed by atoms with Crippen LogP contribution in [0.1, 0.15) is 11.1 Å². The van der Waals surface area contributed by atoms with Gasteiger partial charge in [0.05, 0.1) is 17.6 Å². The van der Waals surface area contributed by atoms with Crippen LogP contribution >= 0.6 is 0 Å². The van der Waals surface area contributed by atoms with Crippen molar-refractivity contribution < 1.29 is 9.18 Å². The Labute approximate surface area is 181 Å². The van der Waals surface area contributed by atoms with E-state index in [2.05, 4.69) is 32.2 Å². The number of fused-ring (bicyclic) bond motifs is 3. The quantitative estimate of drug-likeness (QED) is 0.708. The molecule has 1 fully saturated rings. The number of carbonyl (C=O) groups excluding carboxylic acids is 1. The first kappa shape index (κ1) is 19.5. The second kappa shape index (κ2) is 8.38. The molecule has 0 bridgehead atoms. The highest BCUT2D eigenvalue weighted by Gasteiger charge is 2.41. The summed E-state index contributed by atoms with van der Waals surface area (Å²) in [5, 5.41) is 3.10. The van der Waals surface area contributed by atoms with Crippen molar-refractivity contribution in [3.05, 3.63) is 90.0 Å². The molecule has 0 unspecified atom stereocenters. The fourth-order valence-corrected chi connectivity index (χ4v) is 4.81. The zero-order valence-electron chi connectivity index (χ0n) is 17.2. The number of benzene rings is 2. The first-order chi connectivity index (χ1) is 15.2. The zero-order valence-corrected chi connectivity index (χ0v) is 17.2. The largest absolute Gasteiger partial charge is 0.365 e. The molecule has 0 saturated carbocycles. The number of nitrogens with one attached hydrogen (secondary N) is 1. The third-order valence-corrected chi connectivity index (χ3v) is 6.34. The third kappa shape index (κ3) is 3.85. The molecule has 2 aromatic carbocycles. The summed E-state index contributed by atoms with van der Waals surface area (Å²) in [6.07, 6.45) is 4.17. The molecule has 1 saturated heterocycles. The Balaban J connectivity index is 1.41. The number of amides is 1. The van der Waals surface area contributed by atoms with Crippen LogP contribution in [0, 0.1) is 11.7 Å². The smallest absolute Gasteiger partial charge is 0.225 e. The topological polar surface area (TPSA) is 48.5 Å². The van der Waals surface area contributed by atoms with Crippen LogP contribution in [0.5, 0.6) is 0 Å². The number of hydrogen-bond donors (Lipinski definition) is 1. The summed E-state index contributed by atoms with van der Waals surface area (Å²) in [4.78, 5) is 21.8. The number of rotatable bonds is 4. The summed E-state index contributed by atoms with van der Waals surface area (Å²) in [6, 6.07) is 19.0. The Morgan fingerprint density at radius 1 is 1.03 bits per heavy atom. The van der Waals surface area contributed by atoms with E-state index >= 15 is 0 Å². The van der Waals surface area contributed by atoms with Crippen LogP contribution in [0.2, 0.25) is 0 Å². The molecule has 158 valence electrons. The molecule has 1 N–H and O–H groups in total. The van der Waals surface area contributed by atoms with Crippen LogP contribution < -0.4 is 15.1 Å². The lowest BCUT2D eigenvalue weighted by Crippen LogP contribution is -2.61. The average molecular weight is 417 g/mol. The zero-order chi connectivity index (χ0) is 21.2. The van der Waals surface area contributed by atoms with Gasteiger partial charge >= 0.3 is 0 Å². The highest BCUT2D eigenvalue weighted by Crippen LogP contribution is 2.37. The second-order valence-corrected chi connectivity index (χ2v) is 8.18. The van der Waals surface area contributed by atoms with Gasteiger partial charge in [-0.15, -0.1) is 0 Å². The van der Waals surface area contributed by atoms with E-state index < -0.39 is 0 Å². The van der Waals surface area contributed by atoms with Crippen molar-refractivity contribution in [3.63, 3.8) is 0 Å². The number of pyridine rings is 1. The first-order valence-corrected chi connectivity index (χ1v) is 10.7. The molecule has 1 aromatic heterocycles. The summed E-state index contributed by atoms with van der Waals surface area (Å²) >= 11 is 0. The van der Waals surface area contributed by atoms with Crippen LogP contribution in [-0.4, -0.2) is 36.6 Å². The second-order valence-electron chi connectivity index (χ2n) is 8.18. The summed E-state index contributed by atoms with van der Waals surface area (Å²) in [5.74, 6) is -0.394. The molecule has 2 aliphatic heterocycles. The molecule has 31 heavy (non-hydrogen) atoms. The number of nitrogens with zero attached hydrogens (tertiary/aromatic N) is 3. The molecule has 0 aliphatic carbocycles. The molecule has 0 radical (unpaired) electrons. The Morgan fingerprint density at radius 2 is 1.84 bits per heavy atom. The van der Waals surface area contributed by atoms with E-state index in [4.69, 9.17) is 0 Å². The number of aromatic nitrogens is 1. The minimum atomic E-state index is -0.218. The van der Waals surface area contributed by atoms with Crippen molar-refractivity contribution in [1.29, 1.82) is 0 Å². The van der Waals surface area contributed by atoms with Gasteiger partial charge in [0.1, 0.15) is 5.82 Å². The molecule has 0 spiro atoms. The highest BCUT2D eigenvalue weighted by atomic mass is 19.1. The van der Waals surface area contributed by atoms with Crippen LogP contribution in [0.3, 0.4) is 0 Å². The highest BCUT2D eigenvalue weighted by molar-refractivity contribution is 5.82. The van der Waals surface area contributed by atoms with Crippen LogP contribution in [0.4, 0.5) is 15.8 Å². The van der Waals surface area contributed by atoms with E-state index in [1.54, 1.807) is 18.5 Å². The Hall–Kier alpha value is -3.41. The first-order valence-electron chi connectivity index (χ1n) is 10.7. The summed E-state index contributed by atoms with van der Waals surface area (Å²) in [6.45, 7) is 2.53. The Bertz CT molecular complexity index is 1070. The van der Waals surface area contributed by atoms with Gasteiger partial charge in [-0.1, -0.05) is 36.4 Å². The van der Waals surface area contributed by atoms with Crippen LogP contribution in [0.15, 0.2) is 73.1 Å². The number of hydrogen-bond acceptors (Lipinski definition) is 4. The standard InChI is InChI=1S/C25H25FN4O/c26-21-8-2-4-10-23(21)29-12-13-30-22-9-3-1-7-19(22)14-20(24(30)17-29)25(31)28-16-18-6-5-11-27-15-18/h1-11,15,20,24H,12-14,16-17H2,(H,28,31)/t20-,24+/m0/s1. The predicted molar refractivity (Wildman–Crippen MR) is 119 cm³/mol. The number of carbonyl (C=O) groups is 1. The van der Waals surface area contributed by atoms with E-state index in [1.165, 1.54) is 17.3 Å². The van der Waals surface area contributed by atoms with Gasteiger partial charge in [-0.2, -0.15) is 0 Å². The van der Waals surface area contributed by atoms with Gasteiger partial charge in [0.15, 0.2) is 0 Å². The maximum absolute atomic E-state index is 14.5. The van der Waals surface area contributed by atoms with Gasteiger partial charge < -0.3 is 15.1 Å². The predicted octanol–water partition coefficient (Wildman–Crippen LogP) is 3.40. The van der Waals surface area contributed by atoms with Crippen LogP contribution in [-0.2, 0) is 17.8 Å². The van der Waals surface area contributed by atoms with E-state index in [1.807, 2.05) is 36.4 Å².